The second-order valence-corrected chi connectivity index (χ2v) is 3.30. The summed E-state index contributed by atoms with van der Waals surface area (Å²) >= 11 is 0. The van der Waals surface area contributed by atoms with E-state index in [2.05, 4.69) is 10.1 Å². The van der Waals surface area contributed by atoms with Gasteiger partial charge in [-0.05, 0) is 0 Å². The number of rotatable bonds is 4. The highest BCUT2D eigenvalue weighted by atomic mass is 19.1. The monoisotopic (exact) mass is 218 g/mol. The molecule has 1 heterocycles. The van der Waals surface area contributed by atoms with Gasteiger partial charge in [-0.3, -0.25) is 9.59 Å². The van der Waals surface area contributed by atoms with Gasteiger partial charge in [0.15, 0.2) is 0 Å². The number of piperazine rings is 1. The third kappa shape index (κ3) is 3.16. The molecule has 0 radical (unpaired) electrons. The molecule has 1 aliphatic heterocycles. The first-order valence-electron chi connectivity index (χ1n) is 4.84. The lowest BCUT2D eigenvalue weighted by Crippen LogP contribution is -2.56. The number of esters is 1. The number of nitrogens with one attached hydrogen (secondary N) is 1. The van der Waals surface area contributed by atoms with Gasteiger partial charge in [-0.25, -0.2) is 4.39 Å². The van der Waals surface area contributed by atoms with Crippen molar-refractivity contribution < 1.29 is 18.7 Å². The van der Waals surface area contributed by atoms with Crippen molar-refractivity contribution in [3.8, 4) is 0 Å². The minimum absolute atomic E-state index is 0.00187. The third-order valence-electron chi connectivity index (χ3n) is 2.34. The van der Waals surface area contributed by atoms with Crippen LogP contribution in [0.25, 0.3) is 0 Å². The van der Waals surface area contributed by atoms with Crippen molar-refractivity contribution in [3.05, 3.63) is 0 Å². The summed E-state index contributed by atoms with van der Waals surface area (Å²) in [6.45, 7) is 0.600. The SMILES string of the molecule is COC(=O)CC1NCCN(CCF)C1=O. The van der Waals surface area contributed by atoms with Crippen LogP contribution in [0.1, 0.15) is 6.42 Å². The largest absolute Gasteiger partial charge is 0.469 e. The van der Waals surface area contributed by atoms with Crippen molar-refractivity contribution in [1.82, 2.24) is 10.2 Å². The van der Waals surface area contributed by atoms with E-state index in [9.17, 15) is 14.0 Å². The highest BCUT2D eigenvalue weighted by Crippen LogP contribution is 2.05. The smallest absolute Gasteiger partial charge is 0.307 e. The van der Waals surface area contributed by atoms with Crippen LogP contribution in [0.5, 0.6) is 0 Å². The van der Waals surface area contributed by atoms with Gasteiger partial charge in [-0.1, -0.05) is 0 Å². The number of amides is 1. The quantitative estimate of drug-likeness (QED) is 0.635. The molecular formula is C9H15FN2O3. The molecule has 0 spiro atoms. The van der Waals surface area contributed by atoms with Gasteiger partial charge in [0.1, 0.15) is 6.67 Å². The van der Waals surface area contributed by atoms with Gasteiger partial charge in [0, 0.05) is 19.6 Å². The summed E-state index contributed by atoms with van der Waals surface area (Å²) in [6.07, 6.45) is -0.00187. The summed E-state index contributed by atoms with van der Waals surface area (Å²) < 4.78 is 16.6. The second-order valence-electron chi connectivity index (χ2n) is 3.30. The molecule has 86 valence electrons. The first-order chi connectivity index (χ1) is 7.19. The molecule has 0 aliphatic carbocycles. The Kier molecular flexibility index (Phi) is 4.48. The van der Waals surface area contributed by atoms with E-state index in [0.29, 0.717) is 13.1 Å². The number of carbonyl (C=O) groups excluding carboxylic acids is 2. The van der Waals surface area contributed by atoms with Crippen LogP contribution in [-0.4, -0.2) is 56.2 Å². The molecule has 1 amide bonds. The average Bonchev–Trinajstić information content (AvgIpc) is 2.24. The molecule has 5 nitrogen and oxygen atoms in total. The first-order valence-corrected chi connectivity index (χ1v) is 4.84. The Bertz CT molecular complexity index is 246. The van der Waals surface area contributed by atoms with Crippen LogP contribution in [0.3, 0.4) is 0 Å². The number of nitrogens with zero attached hydrogens (tertiary/aromatic N) is 1. The Morgan fingerprint density at radius 2 is 2.47 bits per heavy atom. The zero-order chi connectivity index (χ0) is 11.3. The highest BCUT2D eigenvalue weighted by molar-refractivity contribution is 5.87. The molecule has 0 bridgehead atoms. The molecule has 1 unspecified atom stereocenters. The Hall–Kier alpha value is -1.17. The van der Waals surface area contributed by atoms with Crippen molar-refractivity contribution in [1.29, 1.82) is 0 Å². The zero-order valence-corrected chi connectivity index (χ0v) is 8.66. The van der Waals surface area contributed by atoms with Gasteiger partial charge in [-0.2, -0.15) is 0 Å². The lowest BCUT2D eigenvalue weighted by atomic mass is 10.1. The first kappa shape index (κ1) is 11.9. The van der Waals surface area contributed by atoms with E-state index >= 15 is 0 Å². The molecule has 1 fully saturated rings. The fourth-order valence-corrected chi connectivity index (χ4v) is 1.53. The highest BCUT2D eigenvalue weighted by Gasteiger charge is 2.29. The van der Waals surface area contributed by atoms with Gasteiger partial charge >= 0.3 is 5.97 Å². The Labute approximate surface area is 87.6 Å². The number of alkyl halides is 1. The van der Waals surface area contributed by atoms with E-state index in [4.69, 9.17) is 0 Å². The average molecular weight is 218 g/mol. The van der Waals surface area contributed by atoms with E-state index in [1.54, 1.807) is 0 Å². The van der Waals surface area contributed by atoms with E-state index < -0.39 is 18.7 Å². The molecule has 15 heavy (non-hydrogen) atoms. The van der Waals surface area contributed by atoms with Crippen molar-refractivity contribution in [2.45, 2.75) is 12.5 Å². The van der Waals surface area contributed by atoms with Crippen molar-refractivity contribution >= 4 is 11.9 Å². The van der Waals surface area contributed by atoms with E-state index in [1.807, 2.05) is 0 Å². The minimum Gasteiger partial charge on any atom is -0.469 e. The van der Waals surface area contributed by atoms with Crippen LogP contribution >= 0.6 is 0 Å². The van der Waals surface area contributed by atoms with Crippen LogP contribution < -0.4 is 5.32 Å². The van der Waals surface area contributed by atoms with Gasteiger partial charge in [0.05, 0.1) is 19.6 Å². The van der Waals surface area contributed by atoms with E-state index in [1.165, 1.54) is 12.0 Å². The Morgan fingerprint density at radius 3 is 3.07 bits per heavy atom. The molecule has 6 heteroatoms. The molecule has 1 rings (SSSR count). The van der Waals surface area contributed by atoms with Crippen molar-refractivity contribution in [2.24, 2.45) is 0 Å². The normalized spacial score (nSPS) is 21.6. The van der Waals surface area contributed by atoms with Crippen molar-refractivity contribution in [3.63, 3.8) is 0 Å². The number of methoxy groups -OCH3 is 1. The molecule has 1 saturated heterocycles. The maximum absolute atomic E-state index is 12.1. The molecule has 1 N–H and O–H groups in total. The summed E-state index contributed by atoms with van der Waals surface area (Å²) in [5.74, 6) is -0.674. The second kappa shape index (κ2) is 5.65. The maximum atomic E-state index is 12.1. The topological polar surface area (TPSA) is 58.6 Å². The fraction of sp³-hybridized carbons (Fsp3) is 0.778. The number of carbonyl (C=O) groups is 2. The summed E-state index contributed by atoms with van der Waals surface area (Å²) in [5, 5.41) is 2.91. The third-order valence-corrected chi connectivity index (χ3v) is 2.34. The summed E-state index contributed by atoms with van der Waals surface area (Å²) in [7, 11) is 1.27. The van der Waals surface area contributed by atoms with Crippen LogP contribution in [0, 0.1) is 0 Å². The maximum Gasteiger partial charge on any atom is 0.307 e. The fourth-order valence-electron chi connectivity index (χ4n) is 1.53. The van der Waals surface area contributed by atoms with Gasteiger partial charge in [-0.15, -0.1) is 0 Å². The predicted octanol–water partition coefficient (Wildman–Crippen LogP) is -0.681. The van der Waals surface area contributed by atoms with Crippen LogP contribution in [-0.2, 0) is 14.3 Å². The van der Waals surface area contributed by atoms with Crippen molar-refractivity contribution in [2.75, 3.05) is 33.4 Å². The standard InChI is InChI=1S/C9H15FN2O3/c1-15-8(13)6-7-9(14)12(4-2-10)5-3-11-7/h7,11H,2-6H2,1H3. The molecule has 0 aromatic heterocycles. The summed E-state index contributed by atoms with van der Waals surface area (Å²) in [5.41, 5.74) is 0. The van der Waals surface area contributed by atoms with Gasteiger partial charge < -0.3 is 15.0 Å². The number of hydrogen-bond acceptors (Lipinski definition) is 4. The molecule has 0 aromatic rings. The Balaban J connectivity index is 2.50. The van der Waals surface area contributed by atoms with E-state index in [0.717, 1.165) is 0 Å². The van der Waals surface area contributed by atoms with Crippen LogP contribution in [0.4, 0.5) is 4.39 Å². The predicted molar refractivity (Wildman–Crippen MR) is 51.0 cm³/mol. The minimum atomic E-state index is -0.572. The van der Waals surface area contributed by atoms with E-state index in [-0.39, 0.29) is 18.9 Å². The zero-order valence-electron chi connectivity index (χ0n) is 8.66. The molecule has 1 atom stereocenters. The molecule has 0 saturated carbocycles. The number of ether oxygens (including phenoxy) is 1. The molecule has 1 aliphatic rings. The van der Waals surface area contributed by atoms with Gasteiger partial charge in [0.2, 0.25) is 5.91 Å². The van der Waals surface area contributed by atoms with Gasteiger partial charge in [0.25, 0.3) is 0 Å². The summed E-state index contributed by atoms with van der Waals surface area (Å²) in [6, 6.07) is -0.572. The molecule has 0 aromatic carbocycles. The van der Waals surface area contributed by atoms with Crippen LogP contribution in [0.2, 0.25) is 0 Å². The molecular weight excluding hydrogens is 203 g/mol. The summed E-state index contributed by atoms with van der Waals surface area (Å²) in [4.78, 5) is 24.1. The van der Waals surface area contributed by atoms with Crippen LogP contribution in [0.15, 0.2) is 0 Å². The number of hydrogen-bond donors (Lipinski definition) is 1. The lowest BCUT2D eigenvalue weighted by Gasteiger charge is -2.32. The Morgan fingerprint density at radius 1 is 1.73 bits per heavy atom. The lowest BCUT2D eigenvalue weighted by molar-refractivity contribution is -0.146. The number of halogens is 1.